The summed E-state index contributed by atoms with van der Waals surface area (Å²) >= 11 is 0. The molecule has 0 aliphatic heterocycles. The van der Waals surface area contributed by atoms with Gasteiger partial charge in [0.25, 0.3) is 5.69 Å². The molecular formula is C15H7NO6. The van der Waals surface area contributed by atoms with E-state index in [0.29, 0.717) is 0 Å². The summed E-state index contributed by atoms with van der Waals surface area (Å²) in [5, 5.41) is 19.8. The number of benzene rings is 2. The first-order valence-corrected chi connectivity index (χ1v) is 6.15. The second-order valence-corrected chi connectivity index (χ2v) is 4.71. The fraction of sp³-hybridized carbons (Fsp3) is 0. The number of nitro groups is 1. The van der Waals surface area contributed by atoms with Crippen LogP contribution in [-0.2, 0) is 0 Å². The summed E-state index contributed by atoms with van der Waals surface area (Å²) < 4.78 is 0. The molecule has 7 nitrogen and oxygen atoms in total. The molecule has 0 atom stereocenters. The molecule has 0 saturated heterocycles. The summed E-state index contributed by atoms with van der Waals surface area (Å²) in [5.74, 6) is -2.29. The fourth-order valence-electron chi connectivity index (χ4n) is 2.38. The van der Waals surface area contributed by atoms with Gasteiger partial charge in [0.05, 0.1) is 10.5 Å². The lowest BCUT2D eigenvalue weighted by atomic mass is 9.83. The number of carboxylic acid groups (broad SMARTS) is 1. The number of nitrogens with zero attached hydrogens (tertiary/aromatic N) is 1. The van der Waals surface area contributed by atoms with Crippen molar-refractivity contribution in [3.05, 3.63) is 74.3 Å². The number of aromatic carboxylic acids is 1. The van der Waals surface area contributed by atoms with Gasteiger partial charge in [-0.1, -0.05) is 0 Å². The first-order chi connectivity index (χ1) is 10.4. The van der Waals surface area contributed by atoms with Crippen molar-refractivity contribution in [2.45, 2.75) is 0 Å². The highest BCUT2D eigenvalue weighted by atomic mass is 16.6. The molecule has 0 bridgehead atoms. The Kier molecular flexibility index (Phi) is 2.84. The molecule has 3 rings (SSSR count). The lowest BCUT2D eigenvalue weighted by molar-refractivity contribution is -0.384. The quantitative estimate of drug-likeness (QED) is 0.572. The normalized spacial score (nSPS) is 12.5. The summed E-state index contributed by atoms with van der Waals surface area (Å²) in [6.45, 7) is 0. The minimum absolute atomic E-state index is 0.0575. The van der Waals surface area contributed by atoms with Crippen molar-refractivity contribution in [2.24, 2.45) is 0 Å². The molecule has 0 amide bonds. The molecule has 108 valence electrons. The molecule has 1 aliphatic carbocycles. The second-order valence-electron chi connectivity index (χ2n) is 4.71. The van der Waals surface area contributed by atoms with E-state index in [0.717, 1.165) is 18.2 Å². The summed E-state index contributed by atoms with van der Waals surface area (Å²) in [6.07, 6.45) is 0. The number of hydrogen-bond donors (Lipinski definition) is 1. The number of carbonyl (C=O) groups is 3. The number of carboxylic acids is 1. The first kappa shape index (κ1) is 13.6. The van der Waals surface area contributed by atoms with Gasteiger partial charge in [-0.15, -0.1) is 0 Å². The van der Waals surface area contributed by atoms with Crippen molar-refractivity contribution in [1.29, 1.82) is 0 Å². The van der Waals surface area contributed by atoms with Crippen molar-refractivity contribution in [3.63, 3.8) is 0 Å². The Labute approximate surface area is 123 Å². The maximum absolute atomic E-state index is 12.4. The number of hydrogen-bond acceptors (Lipinski definition) is 5. The molecule has 0 saturated carbocycles. The van der Waals surface area contributed by atoms with Crippen LogP contribution in [0.25, 0.3) is 0 Å². The maximum atomic E-state index is 12.4. The lowest BCUT2D eigenvalue weighted by Gasteiger charge is -2.17. The van der Waals surface area contributed by atoms with Gasteiger partial charge in [0, 0.05) is 34.4 Å². The minimum atomic E-state index is -1.23. The predicted octanol–water partition coefficient (Wildman–Crippen LogP) is 2.07. The molecule has 0 fully saturated rings. The molecule has 0 heterocycles. The molecular weight excluding hydrogens is 290 g/mol. The molecule has 22 heavy (non-hydrogen) atoms. The third-order valence-electron chi connectivity index (χ3n) is 3.46. The topological polar surface area (TPSA) is 115 Å². The van der Waals surface area contributed by atoms with E-state index in [4.69, 9.17) is 5.11 Å². The smallest absolute Gasteiger partial charge is 0.335 e. The SMILES string of the molecule is O=C(O)c1ccc2c(c1)C(=O)c1cc([N+](=O)[O-])ccc1C2=O. The Balaban J connectivity index is 2.23. The van der Waals surface area contributed by atoms with Crippen molar-refractivity contribution < 1.29 is 24.4 Å². The third kappa shape index (κ3) is 1.87. The number of non-ortho nitro benzene ring substituents is 1. The first-order valence-electron chi connectivity index (χ1n) is 6.15. The van der Waals surface area contributed by atoms with Gasteiger partial charge in [-0.2, -0.15) is 0 Å². The predicted molar refractivity (Wildman–Crippen MR) is 73.4 cm³/mol. The highest BCUT2D eigenvalue weighted by Gasteiger charge is 2.31. The molecule has 2 aromatic rings. The maximum Gasteiger partial charge on any atom is 0.335 e. The fourth-order valence-corrected chi connectivity index (χ4v) is 2.38. The minimum Gasteiger partial charge on any atom is -0.478 e. The van der Waals surface area contributed by atoms with Crippen molar-refractivity contribution in [3.8, 4) is 0 Å². The van der Waals surface area contributed by atoms with E-state index in [1.807, 2.05) is 0 Å². The number of nitro benzene ring substituents is 1. The van der Waals surface area contributed by atoms with Gasteiger partial charge >= 0.3 is 5.97 Å². The van der Waals surface area contributed by atoms with Crippen LogP contribution in [0.4, 0.5) is 5.69 Å². The number of carbonyl (C=O) groups excluding carboxylic acids is 2. The van der Waals surface area contributed by atoms with Crippen LogP contribution in [0.5, 0.6) is 0 Å². The largest absolute Gasteiger partial charge is 0.478 e. The van der Waals surface area contributed by atoms with Gasteiger partial charge in [-0.25, -0.2) is 4.79 Å². The molecule has 2 aromatic carbocycles. The van der Waals surface area contributed by atoms with E-state index in [-0.39, 0.29) is 33.5 Å². The summed E-state index contributed by atoms with van der Waals surface area (Å²) in [5.41, 5.74) is -0.416. The lowest BCUT2D eigenvalue weighted by Crippen LogP contribution is -2.21. The van der Waals surface area contributed by atoms with Crippen LogP contribution in [-0.4, -0.2) is 27.6 Å². The Morgan fingerprint density at radius 3 is 2.05 bits per heavy atom. The monoisotopic (exact) mass is 297 g/mol. The van der Waals surface area contributed by atoms with Crippen molar-refractivity contribution in [2.75, 3.05) is 0 Å². The molecule has 0 aromatic heterocycles. The average Bonchev–Trinajstić information content (AvgIpc) is 2.51. The van der Waals surface area contributed by atoms with Gasteiger partial charge in [-0.05, 0) is 24.3 Å². The Morgan fingerprint density at radius 1 is 0.909 bits per heavy atom. The molecule has 0 unspecified atom stereocenters. The van der Waals surface area contributed by atoms with Gasteiger partial charge in [0.15, 0.2) is 11.6 Å². The van der Waals surface area contributed by atoms with Crippen LogP contribution in [0.3, 0.4) is 0 Å². The average molecular weight is 297 g/mol. The van der Waals surface area contributed by atoms with Crippen molar-refractivity contribution >= 4 is 23.2 Å². The van der Waals surface area contributed by atoms with Crippen LogP contribution in [0.15, 0.2) is 36.4 Å². The van der Waals surface area contributed by atoms with Gasteiger partial charge in [0.2, 0.25) is 0 Å². The van der Waals surface area contributed by atoms with Crippen LogP contribution in [0.1, 0.15) is 42.2 Å². The van der Waals surface area contributed by atoms with Gasteiger partial charge in [-0.3, -0.25) is 19.7 Å². The number of rotatable bonds is 2. The van der Waals surface area contributed by atoms with Crippen LogP contribution in [0, 0.1) is 10.1 Å². The standard InChI is InChI=1S/C15H7NO6/c17-13-9-3-1-7(15(19)20)5-11(9)14(18)12-6-8(16(21)22)2-4-10(12)13/h1-6H,(H,19,20). The van der Waals surface area contributed by atoms with E-state index in [2.05, 4.69) is 0 Å². The zero-order chi connectivity index (χ0) is 16.0. The highest BCUT2D eigenvalue weighted by molar-refractivity contribution is 6.28. The van der Waals surface area contributed by atoms with Crippen LogP contribution < -0.4 is 0 Å². The third-order valence-corrected chi connectivity index (χ3v) is 3.46. The molecule has 7 heteroatoms. The van der Waals surface area contributed by atoms with E-state index < -0.39 is 22.5 Å². The molecule has 0 spiro atoms. The number of ketones is 2. The Hall–Kier alpha value is -3.35. The van der Waals surface area contributed by atoms with E-state index in [1.54, 1.807) is 0 Å². The second kappa shape index (κ2) is 4.59. The summed E-state index contributed by atoms with van der Waals surface area (Å²) in [4.78, 5) is 45.9. The zero-order valence-corrected chi connectivity index (χ0v) is 10.9. The van der Waals surface area contributed by atoms with E-state index in [1.165, 1.54) is 18.2 Å². The summed E-state index contributed by atoms with van der Waals surface area (Å²) in [7, 11) is 0. The van der Waals surface area contributed by atoms with Gasteiger partial charge in [0.1, 0.15) is 0 Å². The van der Waals surface area contributed by atoms with Crippen LogP contribution >= 0.6 is 0 Å². The van der Waals surface area contributed by atoms with Crippen molar-refractivity contribution in [1.82, 2.24) is 0 Å². The zero-order valence-electron chi connectivity index (χ0n) is 10.9. The molecule has 0 radical (unpaired) electrons. The highest BCUT2D eigenvalue weighted by Crippen LogP contribution is 2.30. The number of fused-ring (bicyclic) bond motifs is 2. The van der Waals surface area contributed by atoms with Crippen LogP contribution in [0.2, 0.25) is 0 Å². The van der Waals surface area contributed by atoms with E-state index >= 15 is 0 Å². The Morgan fingerprint density at radius 2 is 1.45 bits per heavy atom. The molecule has 1 N–H and O–H groups in total. The molecule has 1 aliphatic rings. The Bertz CT molecular complexity index is 814. The summed E-state index contributed by atoms with van der Waals surface area (Å²) in [6, 6.07) is 7.06. The van der Waals surface area contributed by atoms with E-state index in [9.17, 15) is 24.5 Å². The van der Waals surface area contributed by atoms with Gasteiger partial charge < -0.3 is 5.11 Å².